The van der Waals surface area contributed by atoms with Gasteiger partial charge in [0.2, 0.25) is 0 Å². The molecule has 3 aliphatic rings. The van der Waals surface area contributed by atoms with E-state index < -0.39 is 39.9 Å². The van der Waals surface area contributed by atoms with Crippen molar-refractivity contribution < 1.29 is 41.0 Å². The predicted octanol–water partition coefficient (Wildman–Crippen LogP) is 7.24. The minimum absolute atomic E-state index is 0.0705. The summed E-state index contributed by atoms with van der Waals surface area (Å²) in [5.74, 6) is -1.96. The van der Waals surface area contributed by atoms with Crippen LogP contribution in [0.2, 0.25) is 0 Å². The van der Waals surface area contributed by atoms with E-state index in [-0.39, 0.29) is 51.4 Å². The molecule has 6 rings (SSSR count). The molecule has 0 radical (unpaired) electrons. The van der Waals surface area contributed by atoms with Gasteiger partial charge in [-0.1, -0.05) is 39.0 Å². The van der Waals surface area contributed by atoms with Gasteiger partial charge in [0.15, 0.2) is 0 Å². The smallest absolute Gasteiger partial charge is 0.387 e. The van der Waals surface area contributed by atoms with Crippen molar-refractivity contribution in [3.63, 3.8) is 0 Å². The highest BCUT2D eigenvalue weighted by molar-refractivity contribution is 7.92. The maximum atomic E-state index is 14.4. The Hall–Kier alpha value is -3.73. The number of ether oxygens (including phenoxy) is 2. The molecule has 2 saturated carbocycles. The topological polar surface area (TPSA) is 93.1 Å². The molecule has 234 valence electrons. The lowest BCUT2D eigenvalue weighted by atomic mass is 9.72. The van der Waals surface area contributed by atoms with Crippen LogP contribution >= 0.6 is 0 Å². The van der Waals surface area contributed by atoms with Gasteiger partial charge in [-0.15, -0.1) is 0 Å². The molecule has 3 unspecified atom stereocenters. The molecule has 1 aliphatic heterocycles. The van der Waals surface area contributed by atoms with E-state index in [2.05, 4.69) is 4.74 Å². The lowest BCUT2D eigenvalue weighted by Gasteiger charge is -2.43. The van der Waals surface area contributed by atoms with E-state index in [4.69, 9.17) is 4.74 Å². The zero-order valence-corrected chi connectivity index (χ0v) is 25.4. The number of carboxylic acids is 1. The van der Waals surface area contributed by atoms with Crippen molar-refractivity contribution in [3.8, 4) is 22.6 Å². The van der Waals surface area contributed by atoms with Gasteiger partial charge in [-0.05, 0) is 90.1 Å². The van der Waals surface area contributed by atoms with Gasteiger partial charge in [-0.2, -0.15) is 8.78 Å². The van der Waals surface area contributed by atoms with Crippen molar-refractivity contribution in [2.45, 2.75) is 69.5 Å². The fourth-order valence-corrected chi connectivity index (χ4v) is 8.73. The van der Waals surface area contributed by atoms with Crippen LogP contribution in [0.3, 0.4) is 0 Å². The van der Waals surface area contributed by atoms with Crippen LogP contribution in [0.25, 0.3) is 11.1 Å². The second-order valence-electron chi connectivity index (χ2n) is 13.1. The second-order valence-corrected chi connectivity index (χ2v) is 15.0. The third-order valence-electron chi connectivity index (χ3n) is 9.39. The lowest BCUT2D eigenvalue weighted by molar-refractivity contribution is -0.153. The standard InChI is InChI=1S/C33H34F3NO6S/c1-32(2,3)22-5-4-6-25(15-22)44(40,41)37-18-29(26-11-19-9-10-33(26,17-19)30(38)39)43-28-8-7-20(14-27(28)37)21-12-23(34)16-24(13-21)42-31(35)36/h4-8,12-16,19,26,29,31H,9-11,17-18H2,1-3H3,(H,38,39)/t19?,26?,29-,33?/m1/s1. The van der Waals surface area contributed by atoms with Crippen molar-refractivity contribution in [3.05, 3.63) is 72.0 Å². The van der Waals surface area contributed by atoms with Crippen LogP contribution in [0.4, 0.5) is 18.9 Å². The number of carbonyl (C=O) groups is 1. The Bertz CT molecular complexity index is 1720. The monoisotopic (exact) mass is 629 g/mol. The first-order valence-corrected chi connectivity index (χ1v) is 16.0. The molecule has 11 heteroatoms. The van der Waals surface area contributed by atoms with Crippen molar-refractivity contribution >= 4 is 21.7 Å². The summed E-state index contributed by atoms with van der Waals surface area (Å²) in [5, 5.41) is 10.3. The SMILES string of the molecule is CC(C)(C)c1cccc(S(=O)(=O)N2C[C@H](C3CC4CCC3(C(=O)O)C4)Oc3ccc(-c4cc(F)cc(OC(F)F)c4)cc32)c1. The van der Waals surface area contributed by atoms with Gasteiger partial charge in [0, 0.05) is 12.0 Å². The third kappa shape index (κ3) is 5.29. The molecule has 7 nitrogen and oxygen atoms in total. The molecule has 0 amide bonds. The Morgan fingerprint density at radius 1 is 1.09 bits per heavy atom. The number of aliphatic carboxylic acids is 1. The van der Waals surface area contributed by atoms with E-state index in [0.29, 0.717) is 24.8 Å². The first kappa shape index (κ1) is 30.3. The predicted molar refractivity (Wildman–Crippen MR) is 158 cm³/mol. The van der Waals surface area contributed by atoms with E-state index in [1.807, 2.05) is 26.8 Å². The first-order valence-electron chi connectivity index (χ1n) is 14.6. The van der Waals surface area contributed by atoms with Crippen molar-refractivity contribution in [1.29, 1.82) is 0 Å². The average Bonchev–Trinajstić information content (AvgIpc) is 3.56. The lowest BCUT2D eigenvalue weighted by Crippen LogP contribution is -2.51. The summed E-state index contributed by atoms with van der Waals surface area (Å²) in [6.45, 7) is 2.68. The highest BCUT2D eigenvalue weighted by Gasteiger charge is 2.60. The average molecular weight is 630 g/mol. The molecular weight excluding hydrogens is 595 g/mol. The number of alkyl halides is 2. The van der Waals surface area contributed by atoms with E-state index in [0.717, 1.165) is 24.1 Å². The number of hydrogen-bond donors (Lipinski definition) is 1. The summed E-state index contributed by atoms with van der Waals surface area (Å²) in [5.41, 5.74) is 0.272. The van der Waals surface area contributed by atoms with Crippen LogP contribution in [0.5, 0.6) is 11.5 Å². The second kappa shape index (κ2) is 10.7. The van der Waals surface area contributed by atoms with E-state index in [1.54, 1.807) is 24.3 Å². The van der Waals surface area contributed by atoms with Gasteiger partial charge in [0.25, 0.3) is 10.0 Å². The molecule has 2 fully saturated rings. The largest absolute Gasteiger partial charge is 0.486 e. The molecule has 0 saturated heterocycles. The van der Waals surface area contributed by atoms with Crippen LogP contribution in [-0.2, 0) is 20.2 Å². The van der Waals surface area contributed by atoms with Crippen LogP contribution in [-0.4, -0.2) is 38.8 Å². The molecule has 4 atom stereocenters. The molecule has 1 N–H and O–H groups in total. The fraction of sp³-hybridized carbons (Fsp3) is 0.424. The zero-order valence-electron chi connectivity index (χ0n) is 24.6. The minimum atomic E-state index is -4.20. The molecule has 2 aliphatic carbocycles. The van der Waals surface area contributed by atoms with Crippen molar-refractivity contribution in [2.75, 3.05) is 10.8 Å². The number of nitrogens with zero attached hydrogens (tertiary/aromatic N) is 1. The Balaban J connectivity index is 1.46. The number of fused-ring (bicyclic) bond motifs is 3. The third-order valence-corrected chi connectivity index (χ3v) is 11.2. The summed E-state index contributed by atoms with van der Waals surface area (Å²) in [6, 6.07) is 14.6. The first-order chi connectivity index (χ1) is 20.7. The number of hydrogen-bond acceptors (Lipinski definition) is 5. The van der Waals surface area contributed by atoms with Gasteiger partial charge >= 0.3 is 12.6 Å². The van der Waals surface area contributed by atoms with E-state index in [1.165, 1.54) is 22.5 Å². The molecular formula is C33H34F3NO6S. The molecule has 44 heavy (non-hydrogen) atoms. The van der Waals surface area contributed by atoms with E-state index >= 15 is 0 Å². The number of halogens is 3. The quantitative estimate of drug-likeness (QED) is 0.296. The summed E-state index contributed by atoms with van der Waals surface area (Å²) < 4.78 is 81.1. The van der Waals surface area contributed by atoms with Gasteiger partial charge in [0.05, 0.1) is 22.5 Å². The fourth-order valence-electron chi connectivity index (χ4n) is 7.21. The molecule has 0 spiro atoms. The minimum Gasteiger partial charge on any atom is -0.486 e. The number of rotatable bonds is 7. The molecule has 3 aromatic carbocycles. The Kier molecular flexibility index (Phi) is 7.38. The maximum Gasteiger partial charge on any atom is 0.387 e. The number of benzene rings is 3. The van der Waals surface area contributed by atoms with Crippen molar-refractivity contribution in [1.82, 2.24) is 0 Å². The summed E-state index contributed by atoms with van der Waals surface area (Å²) in [6.07, 6.45) is 1.81. The van der Waals surface area contributed by atoms with Crippen LogP contribution in [0.15, 0.2) is 65.6 Å². The number of sulfonamides is 1. The van der Waals surface area contributed by atoms with E-state index in [9.17, 15) is 31.5 Å². The maximum absolute atomic E-state index is 14.4. The number of carboxylic acid groups (broad SMARTS) is 1. The van der Waals surface area contributed by atoms with Crippen LogP contribution in [0, 0.1) is 23.1 Å². The molecule has 1 heterocycles. The summed E-state index contributed by atoms with van der Waals surface area (Å²) >= 11 is 0. The Morgan fingerprint density at radius 2 is 1.86 bits per heavy atom. The molecule has 3 aromatic rings. The Morgan fingerprint density at radius 3 is 2.55 bits per heavy atom. The zero-order chi connectivity index (χ0) is 31.6. The van der Waals surface area contributed by atoms with Crippen LogP contribution < -0.4 is 13.8 Å². The van der Waals surface area contributed by atoms with Gasteiger partial charge in [-0.3, -0.25) is 9.10 Å². The van der Waals surface area contributed by atoms with Gasteiger partial charge in [-0.25, -0.2) is 12.8 Å². The number of anilines is 1. The Labute approximate surface area is 254 Å². The molecule has 0 aromatic heterocycles. The highest BCUT2D eigenvalue weighted by Crippen LogP contribution is 2.60. The molecule has 2 bridgehead atoms. The normalized spacial score (nSPS) is 24.7. The van der Waals surface area contributed by atoms with Crippen LogP contribution in [0.1, 0.15) is 52.0 Å². The van der Waals surface area contributed by atoms with Gasteiger partial charge in [0.1, 0.15) is 23.4 Å². The summed E-state index contributed by atoms with van der Waals surface area (Å²) in [7, 11) is -4.20. The van der Waals surface area contributed by atoms with Gasteiger partial charge < -0.3 is 14.6 Å². The van der Waals surface area contributed by atoms with Crippen molar-refractivity contribution in [2.24, 2.45) is 17.3 Å². The highest BCUT2D eigenvalue weighted by atomic mass is 32.2. The summed E-state index contributed by atoms with van der Waals surface area (Å²) in [4.78, 5) is 12.6.